The van der Waals surface area contributed by atoms with Crippen LogP contribution in [-0.2, 0) is 25.9 Å². The van der Waals surface area contributed by atoms with Crippen molar-refractivity contribution in [2.24, 2.45) is 0 Å². The van der Waals surface area contributed by atoms with E-state index in [4.69, 9.17) is 0 Å². The first-order valence-corrected chi connectivity index (χ1v) is 15.3. The van der Waals surface area contributed by atoms with E-state index in [0.717, 1.165) is 25.9 Å². The molecule has 44 heavy (non-hydrogen) atoms. The summed E-state index contributed by atoms with van der Waals surface area (Å²) in [7, 11) is 4.21. The minimum atomic E-state index is 0.863. The van der Waals surface area contributed by atoms with Crippen LogP contribution in [0.25, 0.3) is 0 Å². The van der Waals surface area contributed by atoms with E-state index in [1.54, 1.807) is 0 Å². The quantitative estimate of drug-likeness (QED) is 0.147. The number of aromatic nitrogens is 2. The standard InChI is InChI=1S/C40H40N4/c1-41(37-9-5-3-6-10-37)39-23-27-43(28-24-39)31-35-19-15-33(16-20-35)13-14-34-17-21-36(22-18-34)32-44-29-25-40(26-30-44)42(2)38-11-7-4-8-12-38/h3-12,15-30H,13-14,31-32H2,1-2H3/q+2. The van der Waals surface area contributed by atoms with Crippen LogP contribution >= 0.6 is 0 Å². The van der Waals surface area contributed by atoms with Gasteiger partial charge in [0.15, 0.2) is 37.9 Å². The number of nitrogens with zero attached hydrogens (tertiary/aromatic N) is 4. The third kappa shape index (κ3) is 7.40. The van der Waals surface area contributed by atoms with Crippen molar-refractivity contribution in [1.82, 2.24) is 0 Å². The topological polar surface area (TPSA) is 14.2 Å². The monoisotopic (exact) mass is 576 g/mol. The largest absolute Gasteiger partial charge is 0.344 e. The predicted octanol–water partition coefficient (Wildman–Crippen LogP) is 7.68. The minimum Gasteiger partial charge on any atom is -0.344 e. The molecule has 2 heterocycles. The number of benzene rings is 4. The molecule has 0 aliphatic rings. The Labute approximate surface area is 261 Å². The molecule has 0 saturated heterocycles. The highest BCUT2D eigenvalue weighted by molar-refractivity contribution is 5.62. The van der Waals surface area contributed by atoms with Crippen LogP contribution in [0.1, 0.15) is 22.3 Å². The van der Waals surface area contributed by atoms with Crippen molar-refractivity contribution in [2.75, 3.05) is 23.9 Å². The van der Waals surface area contributed by atoms with E-state index < -0.39 is 0 Å². The summed E-state index contributed by atoms with van der Waals surface area (Å²) in [4.78, 5) is 4.41. The molecular weight excluding hydrogens is 536 g/mol. The number of anilines is 4. The lowest BCUT2D eigenvalue weighted by Gasteiger charge is -2.18. The highest BCUT2D eigenvalue weighted by Gasteiger charge is 2.09. The van der Waals surface area contributed by atoms with Gasteiger partial charge in [0.05, 0.1) is 11.4 Å². The summed E-state index contributed by atoms with van der Waals surface area (Å²) in [5, 5.41) is 0. The van der Waals surface area contributed by atoms with Gasteiger partial charge < -0.3 is 9.80 Å². The molecule has 6 rings (SSSR count). The average molecular weight is 577 g/mol. The minimum absolute atomic E-state index is 0.863. The number of para-hydroxylation sites is 2. The second-order valence-corrected chi connectivity index (χ2v) is 11.4. The second-order valence-electron chi connectivity index (χ2n) is 11.4. The Bertz CT molecular complexity index is 1600. The van der Waals surface area contributed by atoms with Gasteiger partial charge in [-0.2, -0.15) is 0 Å². The summed E-state index contributed by atoms with van der Waals surface area (Å²) in [6, 6.07) is 47.7. The summed E-state index contributed by atoms with van der Waals surface area (Å²) in [5.41, 5.74) is 10.1. The lowest BCUT2D eigenvalue weighted by Crippen LogP contribution is -2.33. The number of hydrogen-bond donors (Lipinski definition) is 0. The van der Waals surface area contributed by atoms with Gasteiger partial charge in [-0.3, -0.25) is 0 Å². The first-order valence-electron chi connectivity index (χ1n) is 15.3. The fourth-order valence-electron chi connectivity index (χ4n) is 5.49. The Morgan fingerprint density at radius 2 is 0.659 bits per heavy atom. The van der Waals surface area contributed by atoms with Crippen molar-refractivity contribution in [3.8, 4) is 0 Å². The summed E-state index contributed by atoms with van der Waals surface area (Å²) in [6.07, 6.45) is 10.7. The van der Waals surface area contributed by atoms with Crippen LogP contribution in [0.15, 0.2) is 158 Å². The molecule has 0 unspecified atom stereocenters. The van der Waals surface area contributed by atoms with E-state index in [1.807, 2.05) is 12.1 Å². The zero-order valence-electron chi connectivity index (χ0n) is 25.6. The van der Waals surface area contributed by atoms with E-state index in [1.165, 1.54) is 45.0 Å². The third-order valence-electron chi connectivity index (χ3n) is 8.29. The molecule has 0 N–H and O–H groups in total. The number of pyridine rings is 2. The van der Waals surface area contributed by atoms with Crippen LogP contribution < -0.4 is 18.9 Å². The summed E-state index contributed by atoms with van der Waals surface area (Å²) >= 11 is 0. The Morgan fingerprint density at radius 3 is 1.00 bits per heavy atom. The van der Waals surface area contributed by atoms with Gasteiger partial charge in [-0.05, 0) is 48.2 Å². The molecule has 4 nitrogen and oxygen atoms in total. The molecule has 2 aromatic heterocycles. The lowest BCUT2D eigenvalue weighted by molar-refractivity contribution is -0.688. The Hall–Kier alpha value is -5.22. The Kier molecular flexibility index (Phi) is 9.08. The first-order chi connectivity index (χ1) is 21.6. The van der Waals surface area contributed by atoms with Crippen molar-refractivity contribution in [2.45, 2.75) is 25.9 Å². The van der Waals surface area contributed by atoms with Crippen LogP contribution in [0, 0.1) is 0 Å². The molecule has 0 atom stereocenters. The van der Waals surface area contributed by atoms with Crippen LogP contribution in [-0.4, -0.2) is 14.1 Å². The molecule has 0 fully saturated rings. The predicted molar refractivity (Wildman–Crippen MR) is 181 cm³/mol. The molecule has 0 aliphatic heterocycles. The van der Waals surface area contributed by atoms with E-state index in [9.17, 15) is 0 Å². The summed E-state index contributed by atoms with van der Waals surface area (Å²) in [5.74, 6) is 0. The van der Waals surface area contributed by atoms with Crippen molar-refractivity contribution in [1.29, 1.82) is 0 Å². The third-order valence-corrected chi connectivity index (χ3v) is 8.29. The van der Waals surface area contributed by atoms with Gasteiger partial charge >= 0.3 is 0 Å². The maximum atomic E-state index is 2.28. The summed E-state index contributed by atoms with van der Waals surface area (Å²) < 4.78 is 4.46. The normalized spacial score (nSPS) is 10.9. The molecular formula is C40H40N4+2. The fraction of sp³-hybridized carbons (Fsp3) is 0.150. The maximum absolute atomic E-state index is 2.28. The molecule has 0 spiro atoms. The van der Waals surface area contributed by atoms with Crippen molar-refractivity contribution in [3.63, 3.8) is 0 Å². The molecule has 0 radical (unpaired) electrons. The van der Waals surface area contributed by atoms with Crippen LogP contribution in [0.2, 0.25) is 0 Å². The van der Waals surface area contributed by atoms with Gasteiger partial charge in [0.1, 0.15) is 0 Å². The van der Waals surface area contributed by atoms with E-state index in [0.29, 0.717) is 0 Å². The SMILES string of the molecule is CN(c1ccccc1)c1cc[n+](Cc2ccc(CCc3ccc(C[n+]4ccc(N(C)c5ccccc5)cc4)cc3)cc2)cc1. The van der Waals surface area contributed by atoms with Crippen molar-refractivity contribution < 1.29 is 9.13 Å². The van der Waals surface area contributed by atoms with E-state index in [-0.39, 0.29) is 0 Å². The molecule has 218 valence electrons. The summed E-state index contributed by atoms with van der Waals surface area (Å²) in [6.45, 7) is 1.73. The molecule has 0 aliphatic carbocycles. The molecule has 6 aromatic rings. The van der Waals surface area contributed by atoms with Crippen LogP contribution in [0.4, 0.5) is 22.7 Å². The lowest BCUT2D eigenvalue weighted by atomic mass is 10.0. The van der Waals surface area contributed by atoms with E-state index >= 15 is 0 Å². The zero-order chi connectivity index (χ0) is 30.1. The first kappa shape index (κ1) is 28.9. The smallest absolute Gasteiger partial charge is 0.173 e. The van der Waals surface area contributed by atoms with Gasteiger partial charge in [-0.1, -0.05) is 84.9 Å². The molecule has 0 saturated carbocycles. The maximum Gasteiger partial charge on any atom is 0.173 e. The average Bonchev–Trinajstić information content (AvgIpc) is 3.09. The van der Waals surface area contributed by atoms with Gasteiger partial charge in [-0.15, -0.1) is 0 Å². The second kappa shape index (κ2) is 13.8. The van der Waals surface area contributed by atoms with E-state index in [2.05, 4.69) is 179 Å². The number of aryl methyl sites for hydroxylation is 2. The van der Waals surface area contributed by atoms with Gasteiger partial charge in [0.25, 0.3) is 0 Å². The zero-order valence-corrected chi connectivity index (χ0v) is 25.6. The van der Waals surface area contributed by atoms with Gasteiger partial charge in [-0.25, -0.2) is 9.13 Å². The van der Waals surface area contributed by atoms with Gasteiger partial charge in [0.2, 0.25) is 0 Å². The number of hydrogen-bond acceptors (Lipinski definition) is 2. The fourth-order valence-corrected chi connectivity index (χ4v) is 5.49. The highest BCUT2D eigenvalue weighted by Crippen LogP contribution is 2.23. The van der Waals surface area contributed by atoms with Crippen LogP contribution in [0.3, 0.4) is 0 Å². The Morgan fingerprint density at radius 1 is 0.364 bits per heavy atom. The Balaban J connectivity index is 0.977. The van der Waals surface area contributed by atoms with Crippen molar-refractivity contribution >= 4 is 22.7 Å². The number of rotatable bonds is 11. The van der Waals surface area contributed by atoms with Gasteiger partial charge in [0, 0.05) is 60.9 Å². The molecule has 0 amide bonds. The van der Waals surface area contributed by atoms with Crippen molar-refractivity contribution in [3.05, 3.63) is 181 Å². The molecule has 4 aromatic carbocycles. The molecule has 4 heteroatoms. The van der Waals surface area contributed by atoms with Crippen LogP contribution in [0.5, 0.6) is 0 Å². The molecule has 0 bridgehead atoms. The highest BCUT2D eigenvalue weighted by atomic mass is 15.1.